The second kappa shape index (κ2) is 6.97. The Kier molecular flexibility index (Phi) is 4.78. The summed E-state index contributed by atoms with van der Waals surface area (Å²) >= 11 is 2.83. The summed E-state index contributed by atoms with van der Waals surface area (Å²) in [6.45, 7) is 2.03. The number of hydrogen-bond acceptors (Lipinski definition) is 5. The summed E-state index contributed by atoms with van der Waals surface area (Å²) in [6.07, 6.45) is 0. The van der Waals surface area contributed by atoms with Crippen LogP contribution in [0.3, 0.4) is 0 Å². The van der Waals surface area contributed by atoms with E-state index >= 15 is 0 Å². The molecule has 118 valence electrons. The van der Waals surface area contributed by atoms with Crippen LogP contribution in [0, 0.1) is 12.7 Å². The number of aromatic nitrogens is 1. The molecule has 0 spiro atoms. The highest BCUT2D eigenvalue weighted by atomic mass is 32.2. The van der Waals surface area contributed by atoms with Gasteiger partial charge in [-0.3, -0.25) is 15.6 Å². The molecule has 1 aromatic heterocycles. The molecule has 0 aliphatic carbocycles. The van der Waals surface area contributed by atoms with E-state index in [1.54, 1.807) is 12.1 Å². The molecule has 0 aliphatic rings. The average molecular weight is 347 g/mol. The van der Waals surface area contributed by atoms with Gasteiger partial charge in [-0.25, -0.2) is 9.37 Å². The monoisotopic (exact) mass is 347 g/mol. The molecule has 1 amide bonds. The summed E-state index contributed by atoms with van der Waals surface area (Å²) < 4.78 is 13.9. The molecule has 0 bridgehead atoms. The van der Waals surface area contributed by atoms with Gasteiger partial charge >= 0.3 is 0 Å². The molecule has 0 aliphatic heterocycles. The molecular formula is C16H14FN3OS2. The molecule has 1 heterocycles. The number of anilines is 1. The van der Waals surface area contributed by atoms with Gasteiger partial charge in [-0.05, 0) is 48.9 Å². The van der Waals surface area contributed by atoms with Crippen molar-refractivity contribution in [3.8, 4) is 0 Å². The van der Waals surface area contributed by atoms with E-state index in [1.807, 2.05) is 19.1 Å². The lowest BCUT2D eigenvalue weighted by Gasteiger charge is -2.05. The van der Waals surface area contributed by atoms with E-state index < -0.39 is 0 Å². The number of aryl methyl sites for hydroxylation is 1. The van der Waals surface area contributed by atoms with Crippen LogP contribution in [0.25, 0.3) is 10.2 Å². The largest absolute Gasteiger partial charge is 0.273 e. The fourth-order valence-corrected chi connectivity index (χ4v) is 3.54. The van der Waals surface area contributed by atoms with Gasteiger partial charge in [0.2, 0.25) is 11.0 Å². The molecule has 0 saturated heterocycles. The fourth-order valence-electron chi connectivity index (χ4n) is 1.92. The number of nitrogens with zero attached hydrogens (tertiary/aromatic N) is 1. The molecule has 0 atom stereocenters. The predicted molar refractivity (Wildman–Crippen MR) is 93.2 cm³/mol. The fraction of sp³-hybridized carbons (Fsp3) is 0.125. The van der Waals surface area contributed by atoms with Gasteiger partial charge in [-0.15, -0.1) is 11.8 Å². The van der Waals surface area contributed by atoms with E-state index in [0.29, 0.717) is 5.13 Å². The highest BCUT2D eigenvalue weighted by molar-refractivity contribution is 8.00. The third-order valence-corrected chi connectivity index (χ3v) is 4.98. The van der Waals surface area contributed by atoms with E-state index in [-0.39, 0.29) is 17.5 Å². The van der Waals surface area contributed by atoms with Crippen molar-refractivity contribution in [2.75, 3.05) is 11.2 Å². The predicted octanol–water partition coefficient (Wildman–Crippen LogP) is 3.98. The SMILES string of the molecule is Cc1ccc2nc(NNC(=O)CSc3ccc(F)cc3)sc2c1. The van der Waals surface area contributed by atoms with Crippen LogP contribution < -0.4 is 10.9 Å². The minimum atomic E-state index is -0.286. The van der Waals surface area contributed by atoms with Gasteiger partial charge in [0.25, 0.3) is 0 Å². The highest BCUT2D eigenvalue weighted by Gasteiger charge is 2.06. The number of nitrogens with one attached hydrogen (secondary N) is 2. The number of fused-ring (bicyclic) bond motifs is 1. The molecule has 3 aromatic rings. The first-order valence-electron chi connectivity index (χ1n) is 6.90. The molecule has 0 fully saturated rings. The maximum absolute atomic E-state index is 12.8. The lowest BCUT2D eigenvalue weighted by molar-refractivity contribution is -0.118. The summed E-state index contributed by atoms with van der Waals surface area (Å²) in [6, 6.07) is 12.1. The van der Waals surface area contributed by atoms with Gasteiger partial charge in [-0.1, -0.05) is 17.4 Å². The lowest BCUT2D eigenvalue weighted by Crippen LogP contribution is -2.30. The number of rotatable bonds is 5. The van der Waals surface area contributed by atoms with E-state index in [0.717, 1.165) is 15.1 Å². The number of thiazole rings is 1. The summed E-state index contributed by atoms with van der Waals surface area (Å²) in [5.74, 6) is -0.218. The minimum absolute atomic E-state index is 0.172. The van der Waals surface area contributed by atoms with Crippen LogP contribution >= 0.6 is 23.1 Å². The zero-order valence-electron chi connectivity index (χ0n) is 12.3. The first-order valence-corrected chi connectivity index (χ1v) is 8.71. The van der Waals surface area contributed by atoms with Gasteiger partial charge in [0.05, 0.1) is 16.0 Å². The van der Waals surface area contributed by atoms with Gasteiger partial charge in [-0.2, -0.15) is 0 Å². The maximum atomic E-state index is 12.8. The molecule has 2 N–H and O–H groups in total. The summed E-state index contributed by atoms with van der Waals surface area (Å²) in [5, 5.41) is 0.644. The van der Waals surface area contributed by atoms with Gasteiger partial charge < -0.3 is 0 Å². The van der Waals surface area contributed by atoms with Crippen molar-refractivity contribution in [3.63, 3.8) is 0 Å². The van der Waals surface area contributed by atoms with Crippen LogP contribution in [0.1, 0.15) is 5.56 Å². The number of halogens is 1. The Bertz CT molecular complexity index is 833. The molecule has 0 radical (unpaired) electrons. The molecule has 3 rings (SSSR count). The number of benzene rings is 2. The Morgan fingerprint density at radius 2 is 2.04 bits per heavy atom. The zero-order valence-corrected chi connectivity index (χ0v) is 13.9. The van der Waals surface area contributed by atoms with Crippen LogP contribution in [-0.2, 0) is 4.79 Å². The molecule has 4 nitrogen and oxygen atoms in total. The lowest BCUT2D eigenvalue weighted by atomic mass is 10.2. The number of carbonyl (C=O) groups is 1. The Labute approximate surface area is 141 Å². The highest BCUT2D eigenvalue weighted by Crippen LogP contribution is 2.26. The summed E-state index contributed by atoms with van der Waals surface area (Å²) in [5.41, 5.74) is 7.53. The minimum Gasteiger partial charge on any atom is -0.273 e. The number of amides is 1. The number of hydrogen-bond donors (Lipinski definition) is 2. The topological polar surface area (TPSA) is 54.0 Å². The second-order valence-electron chi connectivity index (χ2n) is 4.91. The van der Waals surface area contributed by atoms with E-state index in [1.165, 1.54) is 40.8 Å². The van der Waals surface area contributed by atoms with E-state index in [4.69, 9.17) is 0 Å². The third-order valence-electron chi connectivity index (χ3n) is 3.04. The van der Waals surface area contributed by atoms with Crippen molar-refractivity contribution in [2.24, 2.45) is 0 Å². The van der Waals surface area contributed by atoms with E-state index in [2.05, 4.69) is 21.9 Å². The maximum Gasteiger partial charge on any atom is 0.248 e. The van der Waals surface area contributed by atoms with Crippen molar-refractivity contribution in [3.05, 3.63) is 53.8 Å². The van der Waals surface area contributed by atoms with Crippen LogP contribution in [0.15, 0.2) is 47.4 Å². The molecule has 23 heavy (non-hydrogen) atoms. The first-order chi connectivity index (χ1) is 11.1. The molecule has 2 aromatic carbocycles. The van der Waals surface area contributed by atoms with Crippen LogP contribution in [0.4, 0.5) is 9.52 Å². The Hall–Kier alpha value is -2.12. The Morgan fingerprint density at radius 3 is 2.83 bits per heavy atom. The smallest absolute Gasteiger partial charge is 0.248 e. The van der Waals surface area contributed by atoms with Crippen molar-refractivity contribution >= 4 is 44.4 Å². The van der Waals surface area contributed by atoms with E-state index in [9.17, 15) is 9.18 Å². The summed E-state index contributed by atoms with van der Waals surface area (Å²) in [7, 11) is 0. The quantitative estimate of drug-likeness (QED) is 0.541. The molecule has 7 heteroatoms. The Morgan fingerprint density at radius 1 is 1.26 bits per heavy atom. The third kappa shape index (κ3) is 4.20. The molecular weight excluding hydrogens is 333 g/mol. The van der Waals surface area contributed by atoms with Gasteiger partial charge in [0, 0.05) is 4.90 Å². The standard InChI is InChI=1S/C16H14FN3OS2/c1-10-2-7-13-14(8-10)23-16(18-13)20-19-15(21)9-22-12-5-3-11(17)4-6-12/h2-8H,9H2,1H3,(H,18,20)(H,19,21). The number of hydrazine groups is 1. The number of thioether (sulfide) groups is 1. The number of carbonyl (C=O) groups excluding carboxylic acids is 1. The van der Waals surface area contributed by atoms with Crippen molar-refractivity contribution < 1.29 is 9.18 Å². The second-order valence-corrected chi connectivity index (χ2v) is 6.99. The van der Waals surface area contributed by atoms with Crippen LogP contribution in [0.5, 0.6) is 0 Å². The van der Waals surface area contributed by atoms with Crippen LogP contribution in [-0.4, -0.2) is 16.6 Å². The van der Waals surface area contributed by atoms with Crippen molar-refractivity contribution in [1.82, 2.24) is 10.4 Å². The van der Waals surface area contributed by atoms with Crippen LogP contribution in [0.2, 0.25) is 0 Å². The average Bonchev–Trinajstić information content (AvgIpc) is 2.94. The van der Waals surface area contributed by atoms with Gasteiger partial charge in [0.1, 0.15) is 5.82 Å². The molecule has 0 saturated carbocycles. The zero-order chi connectivity index (χ0) is 16.2. The Balaban J connectivity index is 1.52. The van der Waals surface area contributed by atoms with Crippen molar-refractivity contribution in [1.29, 1.82) is 0 Å². The van der Waals surface area contributed by atoms with Crippen molar-refractivity contribution in [2.45, 2.75) is 11.8 Å². The first kappa shape index (κ1) is 15.8. The normalized spacial score (nSPS) is 10.7. The summed E-state index contributed by atoms with van der Waals surface area (Å²) in [4.78, 5) is 17.1. The molecule has 0 unspecified atom stereocenters. The van der Waals surface area contributed by atoms with Gasteiger partial charge in [0.15, 0.2) is 0 Å².